The monoisotopic (exact) mass is 449 g/mol. The van der Waals surface area contributed by atoms with Gasteiger partial charge in [-0.25, -0.2) is 0 Å². The van der Waals surface area contributed by atoms with E-state index in [0.717, 1.165) is 44.5 Å². The number of hydrogen-bond acceptors (Lipinski definition) is 2. The highest BCUT2D eigenvalue weighted by Crippen LogP contribution is 2.50. The maximum absolute atomic E-state index is 13.6. The molecule has 35 heavy (non-hydrogen) atoms. The van der Waals surface area contributed by atoms with Crippen LogP contribution >= 0.6 is 0 Å². The molecule has 2 aliphatic heterocycles. The Morgan fingerprint density at radius 1 is 0.657 bits per heavy atom. The van der Waals surface area contributed by atoms with Gasteiger partial charge in [-0.2, -0.15) is 0 Å². The quantitative estimate of drug-likeness (QED) is 0.235. The molecule has 3 heteroatoms. The van der Waals surface area contributed by atoms with E-state index in [-0.39, 0.29) is 5.43 Å². The van der Waals surface area contributed by atoms with Crippen LogP contribution in [0.25, 0.3) is 44.3 Å². The number of nitrogens with zero attached hydrogens (tertiary/aromatic N) is 1. The normalized spacial score (nSPS) is 17.5. The fourth-order valence-corrected chi connectivity index (χ4v) is 6.01. The van der Waals surface area contributed by atoms with Crippen LogP contribution in [0, 0.1) is 0 Å². The molecule has 0 fully saturated rings. The fourth-order valence-electron chi connectivity index (χ4n) is 6.01. The van der Waals surface area contributed by atoms with Crippen LogP contribution in [0.15, 0.2) is 114 Å². The highest BCUT2D eigenvalue weighted by molar-refractivity contribution is 6.00. The van der Waals surface area contributed by atoms with Crippen molar-refractivity contribution in [3.05, 3.63) is 136 Å². The van der Waals surface area contributed by atoms with Crippen molar-refractivity contribution in [2.24, 2.45) is 0 Å². The van der Waals surface area contributed by atoms with Gasteiger partial charge in [0.05, 0.1) is 16.7 Å². The van der Waals surface area contributed by atoms with Crippen molar-refractivity contribution in [3.8, 4) is 11.4 Å². The Balaban J connectivity index is 1.54. The summed E-state index contributed by atoms with van der Waals surface area (Å²) < 4.78 is 9.22. The number of fused-ring (bicyclic) bond motifs is 9. The highest BCUT2D eigenvalue weighted by atomic mass is 16.5. The smallest absolute Gasteiger partial charge is 0.197 e. The number of rotatable bonds is 0. The zero-order valence-electron chi connectivity index (χ0n) is 18.7. The van der Waals surface area contributed by atoms with Gasteiger partial charge in [0.25, 0.3) is 0 Å². The Kier molecular flexibility index (Phi) is 3.48. The maximum Gasteiger partial charge on any atom is 0.197 e. The van der Waals surface area contributed by atoms with Gasteiger partial charge < -0.3 is 9.30 Å². The molecule has 0 saturated heterocycles. The predicted molar refractivity (Wildman–Crippen MR) is 141 cm³/mol. The van der Waals surface area contributed by atoms with Crippen LogP contribution < -0.4 is 10.2 Å². The molecule has 8 rings (SSSR count). The van der Waals surface area contributed by atoms with E-state index in [9.17, 15) is 4.79 Å². The summed E-state index contributed by atoms with van der Waals surface area (Å²) in [6.45, 7) is 0. The lowest BCUT2D eigenvalue weighted by molar-refractivity contribution is 0.161. The van der Waals surface area contributed by atoms with Crippen LogP contribution in [0.3, 0.4) is 0 Å². The third-order valence-electron chi connectivity index (χ3n) is 7.53. The van der Waals surface area contributed by atoms with Crippen LogP contribution in [0.2, 0.25) is 0 Å². The molecule has 0 saturated carbocycles. The molecule has 2 aliphatic rings. The van der Waals surface area contributed by atoms with Crippen molar-refractivity contribution in [1.29, 1.82) is 0 Å². The van der Waals surface area contributed by atoms with Crippen LogP contribution in [0.5, 0.6) is 5.75 Å². The number of para-hydroxylation sites is 3. The first-order chi connectivity index (χ1) is 17.3. The van der Waals surface area contributed by atoms with Crippen LogP contribution in [0.1, 0.15) is 16.7 Å². The average Bonchev–Trinajstić information content (AvgIpc) is 2.92. The van der Waals surface area contributed by atoms with E-state index < -0.39 is 5.60 Å². The summed E-state index contributed by atoms with van der Waals surface area (Å²) in [6.07, 6.45) is 4.35. The molecular weight excluding hydrogens is 430 g/mol. The van der Waals surface area contributed by atoms with E-state index in [1.807, 2.05) is 42.5 Å². The van der Waals surface area contributed by atoms with Crippen molar-refractivity contribution in [1.82, 2.24) is 4.57 Å². The van der Waals surface area contributed by atoms with E-state index in [1.165, 1.54) is 10.8 Å². The number of pyridine rings is 1. The first-order valence-corrected chi connectivity index (χ1v) is 11.8. The average molecular weight is 450 g/mol. The van der Waals surface area contributed by atoms with Gasteiger partial charge >= 0.3 is 0 Å². The zero-order valence-corrected chi connectivity index (χ0v) is 18.7. The third kappa shape index (κ3) is 2.27. The molecule has 0 N–H and O–H groups in total. The SMILES string of the molecule is O=c1c2ccccc2n2c3c(cccc13)C1(C=Cc3c(ccc4ccccc34)O1)c1ccccc1-2. The minimum Gasteiger partial charge on any atom is -0.473 e. The molecule has 164 valence electrons. The lowest BCUT2D eigenvalue weighted by Gasteiger charge is -2.41. The maximum atomic E-state index is 13.6. The number of hydrogen-bond donors (Lipinski definition) is 0. The second-order valence-electron chi connectivity index (χ2n) is 9.27. The second kappa shape index (κ2) is 6.49. The lowest BCUT2D eigenvalue weighted by Crippen LogP contribution is -2.39. The Hall–Kier alpha value is -4.63. The van der Waals surface area contributed by atoms with Gasteiger partial charge in [-0.3, -0.25) is 4.79 Å². The first kappa shape index (κ1) is 18.8. The largest absolute Gasteiger partial charge is 0.473 e. The molecule has 0 amide bonds. The summed E-state index contributed by atoms with van der Waals surface area (Å²) in [5.41, 5.74) is 5.18. The molecule has 1 aromatic heterocycles. The summed E-state index contributed by atoms with van der Waals surface area (Å²) in [7, 11) is 0. The molecule has 3 nitrogen and oxygen atoms in total. The Labute approximate surface area is 201 Å². The highest BCUT2D eigenvalue weighted by Gasteiger charge is 2.44. The van der Waals surface area contributed by atoms with Gasteiger partial charge in [0, 0.05) is 27.5 Å². The lowest BCUT2D eigenvalue weighted by atomic mass is 9.78. The summed E-state index contributed by atoms with van der Waals surface area (Å²) in [6, 6.07) is 34.8. The Bertz CT molecular complexity index is 1960. The third-order valence-corrected chi connectivity index (χ3v) is 7.53. The topological polar surface area (TPSA) is 31.2 Å². The molecule has 0 aliphatic carbocycles. The van der Waals surface area contributed by atoms with E-state index in [2.05, 4.69) is 77.4 Å². The Morgan fingerprint density at radius 2 is 1.40 bits per heavy atom. The fraction of sp³-hybridized carbons (Fsp3) is 0.0312. The van der Waals surface area contributed by atoms with Crippen LogP contribution in [-0.4, -0.2) is 4.57 Å². The van der Waals surface area contributed by atoms with Crippen molar-refractivity contribution in [3.63, 3.8) is 0 Å². The molecule has 6 aromatic rings. The van der Waals surface area contributed by atoms with Gasteiger partial charge in [0.2, 0.25) is 0 Å². The molecular formula is C32H19NO2. The molecule has 1 spiro atoms. The molecule has 5 aromatic carbocycles. The summed E-state index contributed by atoms with van der Waals surface area (Å²) in [5, 5.41) is 3.78. The predicted octanol–water partition coefficient (Wildman–Crippen LogP) is 6.96. The van der Waals surface area contributed by atoms with E-state index in [1.54, 1.807) is 0 Å². The van der Waals surface area contributed by atoms with Crippen LogP contribution in [-0.2, 0) is 5.60 Å². The van der Waals surface area contributed by atoms with Crippen molar-refractivity contribution < 1.29 is 4.74 Å². The van der Waals surface area contributed by atoms with Crippen molar-refractivity contribution >= 4 is 38.7 Å². The standard InChI is InChI=1S/C32H19NO2/c34-31-23-10-3-5-14-27(23)33-28-15-6-4-12-25(28)32(26-13-7-11-24(31)30(26)33)19-18-22-21-9-2-1-8-20(21)16-17-29(22)35-32/h1-19H. The van der Waals surface area contributed by atoms with E-state index in [0.29, 0.717) is 5.39 Å². The number of aromatic nitrogens is 1. The van der Waals surface area contributed by atoms with Crippen molar-refractivity contribution in [2.75, 3.05) is 0 Å². The minimum absolute atomic E-state index is 0.0504. The molecule has 3 heterocycles. The Morgan fingerprint density at radius 3 is 2.34 bits per heavy atom. The van der Waals surface area contributed by atoms with Gasteiger partial charge in [0.1, 0.15) is 5.75 Å². The van der Waals surface area contributed by atoms with Crippen LogP contribution in [0.4, 0.5) is 0 Å². The molecule has 1 unspecified atom stereocenters. The summed E-state index contributed by atoms with van der Waals surface area (Å²) in [5.74, 6) is 0.842. The number of ether oxygens (including phenoxy) is 1. The molecule has 0 radical (unpaired) electrons. The zero-order chi connectivity index (χ0) is 23.1. The molecule has 0 bridgehead atoms. The van der Waals surface area contributed by atoms with Gasteiger partial charge in [-0.05, 0) is 53.3 Å². The first-order valence-electron chi connectivity index (χ1n) is 11.8. The number of benzene rings is 5. The molecule has 1 atom stereocenters. The van der Waals surface area contributed by atoms with E-state index >= 15 is 0 Å². The van der Waals surface area contributed by atoms with Crippen molar-refractivity contribution in [2.45, 2.75) is 5.60 Å². The van der Waals surface area contributed by atoms with Gasteiger partial charge in [-0.1, -0.05) is 72.8 Å². The van der Waals surface area contributed by atoms with Gasteiger partial charge in [0.15, 0.2) is 11.0 Å². The summed E-state index contributed by atoms with van der Waals surface area (Å²) >= 11 is 0. The van der Waals surface area contributed by atoms with E-state index in [4.69, 9.17) is 4.74 Å². The summed E-state index contributed by atoms with van der Waals surface area (Å²) in [4.78, 5) is 13.6. The van der Waals surface area contributed by atoms with Gasteiger partial charge in [-0.15, -0.1) is 0 Å². The second-order valence-corrected chi connectivity index (χ2v) is 9.27. The minimum atomic E-state index is -0.833.